The van der Waals surface area contributed by atoms with Crippen molar-refractivity contribution in [2.45, 2.75) is 6.42 Å². The van der Waals surface area contributed by atoms with Crippen molar-refractivity contribution in [1.29, 1.82) is 0 Å². The molecule has 2 rings (SSSR count). The Morgan fingerprint density at radius 3 is 2.61 bits per heavy atom. The second-order valence-electron chi connectivity index (χ2n) is 3.97. The summed E-state index contributed by atoms with van der Waals surface area (Å²) < 4.78 is 13.6. The van der Waals surface area contributed by atoms with Crippen LogP contribution in [0.3, 0.4) is 0 Å². The van der Waals surface area contributed by atoms with E-state index >= 15 is 0 Å². The van der Waals surface area contributed by atoms with Crippen LogP contribution in [-0.4, -0.2) is 24.2 Å². The van der Waals surface area contributed by atoms with Crippen molar-refractivity contribution in [2.24, 2.45) is 0 Å². The molecule has 18 heavy (non-hydrogen) atoms. The lowest BCUT2D eigenvalue weighted by Crippen LogP contribution is -2.25. The molecule has 0 spiro atoms. The van der Waals surface area contributed by atoms with Crippen LogP contribution >= 0.6 is 0 Å². The van der Waals surface area contributed by atoms with Crippen molar-refractivity contribution in [3.63, 3.8) is 0 Å². The van der Waals surface area contributed by atoms with Crippen LogP contribution in [0.15, 0.2) is 36.4 Å². The molecule has 0 aliphatic heterocycles. The van der Waals surface area contributed by atoms with Gasteiger partial charge in [-0.05, 0) is 23.9 Å². The van der Waals surface area contributed by atoms with Crippen molar-refractivity contribution < 1.29 is 14.3 Å². The maximum Gasteiger partial charge on any atom is 0.251 e. The molecule has 0 aliphatic carbocycles. The SMILES string of the molecule is O=C(NCCCO)c1ccc(F)c2ccccc12. The number of hydrogen-bond acceptors (Lipinski definition) is 2. The Morgan fingerprint density at radius 1 is 1.17 bits per heavy atom. The van der Waals surface area contributed by atoms with Gasteiger partial charge in [0.05, 0.1) is 0 Å². The van der Waals surface area contributed by atoms with Crippen LogP contribution in [0.4, 0.5) is 4.39 Å². The second kappa shape index (κ2) is 5.60. The molecule has 94 valence electrons. The smallest absolute Gasteiger partial charge is 0.251 e. The minimum atomic E-state index is -0.336. The molecule has 0 saturated carbocycles. The minimum absolute atomic E-state index is 0.0322. The molecule has 2 aromatic carbocycles. The van der Waals surface area contributed by atoms with Gasteiger partial charge in [0.15, 0.2) is 0 Å². The Hall–Kier alpha value is -1.94. The number of fused-ring (bicyclic) bond motifs is 1. The van der Waals surface area contributed by atoms with Crippen LogP contribution in [0.2, 0.25) is 0 Å². The lowest BCUT2D eigenvalue weighted by Gasteiger charge is -2.08. The molecule has 0 heterocycles. The first-order valence-corrected chi connectivity index (χ1v) is 5.80. The first-order valence-electron chi connectivity index (χ1n) is 5.80. The summed E-state index contributed by atoms with van der Waals surface area (Å²) in [6, 6.07) is 9.65. The molecule has 4 heteroatoms. The highest BCUT2D eigenvalue weighted by Gasteiger charge is 2.11. The van der Waals surface area contributed by atoms with Crippen LogP contribution < -0.4 is 5.32 Å². The van der Waals surface area contributed by atoms with Gasteiger partial charge in [-0.15, -0.1) is 0 Å². The van der Waals surface area contributed by atoms with Crippen molar-refractivity contribution in [3.8, 4) is 0 Å². The number of halogens is 1. The zero-order valence-corrected chi connectivity index (χ0v) is 9.82. The van der Waals surface area contributed by atoms with Gasteiger partial charge in [0.2, 0.25) is 0 Å². The third kappa shape index (κ3) is 2.49. The molecular weight excluding hydrogens is 233 g/mol. The topological polar surface area (TPSA) is 49.3 Å². The zero-order valence-electron chi connectivity index (χ0n) is 9.82. The predicted molar refractivity (Wildman–Crippen MR) is 67.9 cm³/mol. The highest BCUT2D eigenvalue weighted by molar-refractivity contribution is 6.07. The maximum atomic E-state index is 13.6. The molecule has 0 unspecified atom stereocenters. The normalized spacial score (nSPS) is 10.6. The van der Waals surface area contributed by atoms with Gasteiger partial charge in [-0.25, -0.2) is 4.39 Å². The molecule has 2 aromatic rings. The monoisotopic (exact) mass is 247 g/mol. The summed E-state index contributed by atoms with van der Waals surface area (Å²) in [6.45, 7) is 0.436. The van der Waals surface area contributed by atoms with Crippen molar-refractivity contribution in [1.82, 2.24) is 5.32 Å². The summed E-state index contributed by atoms with van der Waals surface area (Å²) in [5, 5.41) is 12.4. The quantitative estimate of drug-likeness (QED) is 0.813. The number of amides is 1. The first-order chi connectivity index (χ1) is 8.74. The fourth-order valence-corrected chi connectivity index (χ4v) is 1.84. The van der Waals surface area contributed by atoms with E-state index in [1.54, 1.807) is 24.3 Å². The summed E-state index contributed by atoms with van der Waals surface area (Å²) in [5.41, 5.74) is 0.449. The lowest BCUT2D eigenvalue weighted by atomic mass is 10.0. The lowest BCUT2D eigenvalue weighted by molar-refractivity contribution is 0.0953. The Bertz CT molecular complexity index is 569. The summed E-state index contributed by atoms with van der Waals surface area (Å²) in [5.74, 6) is -0.586. The number of nitrogens with one attached hydrogen (secondary N) is 1. The third-order valence-corrected chi connectivity index (χ3v) is 2.74. The van der Waals surface area contributed by atoms with Gasteiger partial charge in [-0.1, -0.05) is 24.3 Å². The Kier molecular flexibility index (Phi) is 3.89. The van der Waals surface area contributed by atoms with Crippen LogP contribution in [0.5, 0.6) is 0 Å². The van der Waals surface area contributed by atoms with Crippen molar-refractivity contribution >= 4 is 16.7 Å². The van der Waals surface area contributed by atoms with Gasteiger partial charge < -0.3 is 10.4 Å². The van der Waals surface area contributed by atoms with Gasteiger partial charge >= 0.3 is 0 Å². The number of carbonyl (C=O) groups is 1. The number of hydrogen-bond donors (Lipinski definition) is 2. The summed E-state index contributed by atoms with van der Waals surface area (Å²) in [6.07, 6.45) is 0.505. The maximum absolute atomic E-state index is 13.6. The average molecular weight is 247 g/mol. The average Bonchev–Trinajstić information content (AvgIpc) is 2.39. The Balaban J connectivity index is 2.33. The highest BCUT2D eigenvalue weighted by Crippen LogP contribution is 2.21. The molecule has 0 aliphatic rings. The zero-order chi connectivity index (χ0) is 13.0. The van der Waals surface area contributed by atoms with Crippen LogP contribution in [-0.2, 0) is 0 Å². The highest BCUT2D eigenvalue weighted by atomic mass is 19.1. The van der Waals surface area contributed by atoms with E-state index in [1.165, 1.54) is 12.1 Å². The van der Waals surface area contributed by atoms with E-state index in [0.29, 0.717) is 29.3 Å². The number of benzene rings is 2. The molecule has 0 radical (unpaired) electrons. The molecule has 1 amide bonds. The van der Waals surface area contributed by atoms with Crippen molar-refractivity contribution in [2.75, 3.05) is 13.2 Å². The first kappa shape index (κ1) is 12.5. The van der Waals surface area contributed by atoms with Gasteiger partial charge in [0.25, 0.3) is 5.91 Å². The van der Waals surface area contributed by atoms with Gasteiger partial charge in [-0.3, -0.25) is 4.79 Å². The molecule has 0 bridgehead atoms. The standard InChI is InChI=1S/C14H14FNO2/c15-13-7-6-12(14(18)16-8-3-9-17)10-4-1-2-5-11(10)13/h1-2,4-7,17H,3,8-9H2,(H,16,18). The van der Waals surface area contributed by atoms with Crippen LogP contribution in [0.25, 0.3) is 10.8 Å². The molecular formula is C14H14FNO2. The minimum Gasteiger partial charge on any atom is -0.396 e. The van der Waals surface area contributed by atoms with Gasteiger partial charge in [0.1, 0.15) is 5.82 Å². The third-order valence-electron chi connectivity index (χ3n) is 2.74. The number of carbonyl (C=O) groups excluding carboxylic acids is 1. The fourth-order valence-electron chi connectivity index (χ4n) is 1.84. The molecule has 0 fully saturated rings. The molecule has 0 saturated heterocycles. The number of aliphatic hydroxyl groups is 1. The Labute approximate surface area is 104 Å². The largest absolute Gasteiger partial charge is 0.396 e. The van der Waals surface area contributed by atoms with E-state index < -0.39 is 0 Å². The van der Waals surface area contributed by atoms with E-state index in [9.17, 15) is 9.18 Å². The van der Waals surface area contributed by atoms with E-state index in [-0.39, 0.29) is 18.3 Å². The van der Waals surface area contributed by atoms with E-state index in [4.69, 9.17) is 5.11 Å². The van der Waals surface area contributed by atoms with Crippen molar-refractivity contribution in [3.05, 3.63) is 47.8 Å². The fraction of sp³-hybridized carbons (Fsp3) is 0.214. The molecule has 2 N–H and O–H groups in total. The Morgan fingerprint density at radius 2 is 1.89 bits per heavy atom. The number of aliphatic hydroxyl groups excluding tert-OH is 1. The van der Waals surface area contributed by atoms with E-state index in [0.717, 1.165) is 0 Å². The predicted octanol–water partition coefficient (Wildman–Crippen LogP) is 2.09. The van der Waals surface area contributed by atoms with Gasteiger partial charge in [0, 0.05) is 24.1 Å². The summed E-state index contributed by atoms with van der Waals surface area (Å²) in [4.78, 5) is 11.9. The molecule has 0 aromatic heterocycles. The number of rotatable bonds is 4. The summed E-state index contributed by atoms with van der Waals surface area (Å²) in [7, 11) is 0. The van der Waals surface area contributed by atoms with Crippen LogP contribution in [0, 0.1) is 5.82 Å². The molecule has 0 atom stereocenters. The van der Waals surface area contributed by atoms with E-state index in [1.807, 2.05) is 0 Å². The van der Waals surface area contributed by atoms with E-state index in [2.05, 4.69) is 5.32 Å². The second-order valence-corrected chi connectivity index (χ2v) is 3.97. The van der Waals surface area contributed by atoms with Gasteiger partial charge in [-0.2, -0.15) is 0 Å². The van der Waals surface area contributed by atoms with Crippen LogP contribution in [0.1, 0.15) is 16.8 Å². The molecule has 3 nitrogen and oxygen atoms in total. The summed E-state index contributed by atoms with van der Waals surface area (Å²) >= 11 is 0.